The molecular weight excluding hydrogens is 284 g/mol. The van der Waals surface area contributed by atoms with Crippen LogP contribution in [0.4, 0.5) is 0 Å². The van der Waals surface area contributed by atoms with E-state index in [9.17, 15) is 0 Å². The number of hydrogen-bond acceptors (Lipinski definition) is 3. The van der Waals surface area contributed by atoms with E-state index in [-0.39, 0.29) is 0 Å². The van der Waals surface area contributed by atoms with E-state index in [1.807, 2.05) is 12.4 Å². The van der Waals surface area contributed by atoms with Gasteiger partial charge >= 0.3 is 0 Å². The van der Waals surface area contributed by atoms with Crippen LogP contribution in [0, 0.1) is 0 Å². The standard InChI is InChI=1S/C20H20N2O/c1-2-5-17-16(4-1)7-8-18-19(6-3-13-23-20(17)18)22-14-15-9-11-21-12-10-15/h1-2,4-5,7-12,19,22H,3,6,13-14H2/t19-/m0/s1. The summed E-state index contributed by atoms with van der Waals surface area (Å²) in [6, 6.07) is 17.3. The van der Waals surface area contributed by atoms with Gasteiger partial charge in [0.2, 0.25) is 0 Å². The van der Waals surface area contributed by atoms with Crippen molar-refractivity contribution in [2.24, 2.45) is 0 Å². The van der Waals surface area contributed by atoms with E-state index in [1.54, 1.807) is 0 Å². The lowest BCUT2D eigenvalue weighted by Crippen LogP contribution is -2.20. The monoisotopic (exact) mass is 304 g/mol. The Morgan fingerprint density at radius 3 is 2.83 bits per heavy atom. The van der Waals surface area contributed by atoms with Crippen molar-refractivity contribution in [3.63, 3.8) is 0 Å². The number of hydrogen-bond donors (Lipinski definition) is 1. The average Bonchev–Trinajstić information content (AvgIpc) is 2.83. The van der Waals surface area contributed by atoms with Gasteiger partial charge in [-0.15, -0.1) is 0 Å². The van der Waals surface area contributed by atoms with Gasteiger partial charge in [-0.2, -0.15) is 0 Å². The van der Waals surface area contributed by atoms with Crippen molar-refractivity contribution in [2.75, 3.05) is 6.61 Å². The number of nitrogens with zero attached hydrogens (tertiary/aromatic N) is 1. The molecule has 2 aromatic carbocycles. The maximum absolute atomic E-state index is 6.09. The van der Waals surface area contributed by atoms with Crippen LogP contribution in [0.15, 0.2) is 60.9 Å². The first kappa shape index (κ1) is 14.2. The largest absolute Gasteiger partial charge is 0.493 e. The molecule has 0 saturated heterocycles. The van der Waals surface area contributed by atoms with Gasteiger partial charge in [0.25, 0.3) is 0 Å². The van der Waals surface area contributed by atoms with Crippen molar-refractivity contribution in [1.82, 2.24) is 10.3 Å². The molecule has 0 fully saturated rings. The van der Waals surface area contributed by atoms with Crippen molar-refractivity contribution in [2.45, 2.75) is 25.4 Å². The first-order valence-corrected chi connectivity index (χ1v) is 8.18. The van der Waals surface area contributed by atoms with E-state index in [0.29, 0.717) is 6.04 Å². The number of ether oxygens (including phenoxy) is 1. The van der Waals surface area contributed by atoms with Crippen LogP contribution in [-0.4, -0.2) is 11.6 Å². The van der Waals surface area contributed by atoms with Gasteiger partial charge in [0.05, 0.1) is 6.61 Å². The van der Waals surface area contributed by atoms with E-state index in [2.05, 4.69) is 58.8 Å². The number of pyridine rings is 1. The third-order valence-corrected chi connectivity index (χ3v) is 4.47. The van der Waals surface area contributed by atoms with Gasteiger partial charge in [-0.25, -0.2) is 0 Å². The molecule has 1 aliphatic heterocycles. The Morgan fingerprint density at radius 1 is 1.04 bits per heavy atom. The highest BCUT2D eigenvalue weighted by Gasteiger charge is 2.21. The fourth-order valence-corrected chi connectivity index (χ4v) is 3.27. The highest BCUT2D eigenvalue weighted by molar-refractivity contribution is 5.89. The topological polar surface area (TPSA) is 34.2 Å². The lowest BCUT2D eigenvalue weighted by molar-refractivity contribution is 0.318. The van der Waals surface area contributed by atoms with Gasteiger partial charge in [0.15, 0.2) is 0 Å². The zero-order valence-electron chi connectivity index (χ0n) is 13.0. The fourth-order valence-electron chi connectivity index (χ4n) is 3.27. The van der Waals surface area contributed by atoms with Gasteiger partial charge in [-0.1, -0.05) is 36.4 Å². The second-order valence-corrected chi connectivity index (χ2v) is 5.98. The van der Waals surface area contributed by atoms with Crippen molar-refractivity contribution in [3.8, 4) is 5.75 Å². The molecule has 3 nitrogen and oxygen atoms in total. The number of rotatable bonds is 3. The quantitative estimate of drug-likeness (QED) is 0.786. The molecular formula is C20H20N2O. The molecule has 1 atom stereocenters. The first-order valence-electron chi connectivity index (χ1n) is 8.18. The van der Waals surface area contributed by atoms with Crippen LogP contribution >= 0.6 is 0 Å². The number of fused-ring (bicyclic) bond motifs is 3. The Balaban J connectivity index is 1.66. The predicted octanol–water partition coefficient (Wildman–Crippen LogP) is 4.24. The Kier molecular flexibility index (Phi) is 3.95. The molecule has 2 heterocycles. The predicted molar refractivity (Wildman–Crippen MR) is 92.5 cm³/mol. The Bertz CT molecular complexity index is 801. The van der Waals surface area contributed by atoms with Crippen LogP contribution in [0.5, 0.6) is 5.75 Å². The van der Waals surface area contributed by atoms with Crippen molar-refractivity contribution in [1.29, 1.82) is 0 Å². The molecule has 4 rings (SSSR count). The number of benzene rings is 2. The molecule has 0 saturated carbocycles. The minimum absolute atomic E-state index is 0.324. The molecule has 1 N–H and O–H groups in total. The summed E-state index contributed by atoms with van der Waals surface area (Å²) < 4.78 is 6.09. The average molecular weight is 304 g/mol. The van der Waals surface area contributed by atoms with Crippen LogP contribution in [0.25, 0.3) is 10.8 Å². The number of nitrogens with one attached hydrogen (secondary N) is 1. The summed E-state index contributed by atoms with van der Waals surface area (Å²) in [4.78, 5) is 4.08. The van der Waals surface area contributed by atoms with E-state index < -0.39 is 0 Å². The van der Waals surface area contributed by atoms with Gasteiger partial charge < -0.3 is 10.1 Å². The minimum Gasteiger partial charge on any atom is -0.493 e. The third kappa shape index (κ3) is 2.92. The van der Waals surface area contributed by atoms with Gasteiger partial charge in [0, 0.05) is 35.9 Å². The molecule has 0 amide bonds. The Labute approximate surface area is 136 Å². The summed E-state index contributed by atoms with van der Waals surface area (Å²) in [6.07, 6.45) is 5.84. The first-order chi connectivity index (χ1) is 11.4. The molecule has 3 heteroatoms. The molecule has 3 aromatic rings. The number of aromatic nitrogens is 1. The highest BCUT2D eigenvalue weighted by Crippen LogP contribution is 2.37. The maximum Gasteiger partial charge on any atom is 0.131 e. The van der Waals surface area contributed by atoms with Crippen molar-refractivity contribution >= 4 is 10.8 Å². The third-order valence-electron chi connectivity index (χ3n) is 4.47. The molecule has 1 aliphatic rings. The fraction of sp³-hybridized carbons (Fsp3) is 0.250. The van der Waals surface area contributed by atoms with Gasteiger partial charge in [-0.3, -0.25) is 4.98 Å². The smallest absolute Gasteiger partial charge is 0.131 e. The molecule has 0 radical (unpaired) electrons. The summed E-state index contributed by atoms with van der Waals surface area (Å²) in [7, 11) is 0. The lowest BCUT2D eigenvalue weighted by atomic mass is 9.98. The molecule has 1 aromatic heterocycles. The summed E-state index contributed by atoms with van der Waals surface area (Å²) in [5.41, 5.74) is 2.53. The summed E-state index contributed by atoms with van der Waals surface area (Å²) in [5, 5.41) is 6.14. The second-order valence-electron chi connectivity index (χ2n) is 5.98. The minimum atomic E-state index is 0.324. The van der Waals surface area contributed by atoms with Crippen LogP contribution in [0.1, 0.15) is 30.0 Å². The summed E-state index contributed by atoms with van der Waals surface area (Å²) in [6.45, 7) is 1.63. The maximum atomic E-state index is 6.09. The molecule has 0 aliphatic carbocycles. The Morgan fingerprint density at radius 2 is 1.91 bits per heavy atom. The van der Waals surface area contributed by atoms with Crippen LogP contribution < -0.4 is 10.1 Å². The van der Waals surface area contributed by atoms with E-state index in [0.717, 1.165) is 31.7 Å². The molecule has 0 unspecified atom stereocenters. The lowest BCUT2D eigenvalue weighted by Gasteiger charge is -2.19. The highest BCUT2D eigenvalue weighted by atomic mass is 16.5. The second kappa shape index (κ2) is 6.39. The van der Waals surface area contributed by atoms with E-state index in [4.69, 9.17) is 4.74 Å². The van der Waals surface area contributed by atoms with E-state index in [1.165, 1.54) is 21.9 Å². The molecule has 23 heavy (non-hydrogen) atoms. The van der Waals surface area contributed by atoms with Crippen molar-refractivity contribution in [3.05, 3.63) is 72.1 Å². The summed E-state index contributed by atoms with van der Waals surface area (Å²) in [5.74, 6) is 1.05. The molecule has 0 spiro atoms. The van der Waals surface area contributed by atoms with Crippen molar-refractivity contribution < 1.29 is 4.74 Å². The van der Waals surface area contributed by atoms with Crippen LogP contribution in [0.3, 0.4) is 0 Å². The van der Waals surface area contributed by atoms with E-state index >= 15 is 0 Å². The SMILES string of the molecule is c1ccc2c3c(ccc2c1)[C@@H](NCc1ccncc1)CCCO3. The molecule has 0 bridgehead atoms. The Hall–Kier alpha value is -2.39. The van der Waals surface area contributed by atoms with Gasteiger partial charge in [-0.05, 0) is 35.9 Å². The molecule has 116 valence electrons. The normalized spacial score (nSPS) is 17.3. The zero-order chi connectivity index (χ0) is 15.5. The zero-order valence-corrected chi connectivity index (χ0v) is 13.0. The van der Waals surface area contributed by atoms with Crippen LogP contribution in [0.2, 0.25) is 0 Å². The van der Waals surface area contributed by atoms with Crippen LogP contribution in [-0.2, 0) is 6.54 Å². The summed E-state index contributed by atoms with van der Waals surface area (Å²) >= 11 is 0. The van der Waals surface area contributed by atoms with Gasteiger partial charge in [0.1, 0.15) is 5.75 Å².